The molecule has 0 spiro atoms. The number of rotatable bonds is 1. The molecule has 96 valence electrons. The lowest BCUT2D eigenvalue weighted by atomic mass is 9.91. The van der Waals surface area contributed by atoms with Crippen LogP contribution in [0.5, 0.6) is 5.75 Å². The largest absolute Gasteiger partial charge is 0.573 e. The van der Waals surface area contributed by atoms with Gasteiger partial charge in [-0.3, -0.25) is 0 Å². The summed E-state index contributed by atoms with van der Waals surface area (Å²) in [5, 5.41) is 0. The zero-order valence-electron chi connectivity index (χ0n) is 9.38. The fourth-order valence-electron chi connectivity index (χ4n) is 2.36. The van der Waals surface area contributed by atoms with Gasteiger partial charge in [0, 0.05) is 5.41 Å². The van der Waals surface area contributed by atoms with Gasteiger partial charge in [0.05, 0.1) is 5.56 Å². The van der Waals surface area contributed by atoms with Crippen LogP contribution < -0.4 is 4.74 Å². The molecule has 1 aliphatic carbocycles. The average molecular weight is 258 g/mol. The molecule has 1 aromatic rings. The first-order chi connectivity index (χ1) is 8.29. The van der Waals surface area contributed by atoms with Crippen LogP contribution in [-0.4, -0.2) is 18.4 Å². The van der Waals surface area contributed by atoms with Crippen LogP contribution >= 0.6 is 0 Å². The summed E-state index contributed by atoms with van der Waals surface area (Å²) in [6, 6.07) is 3.83. The Morgan fingerprint density at radius 2 is 2.17 bits per heavy atom. The maximum atomic E-state index is 12.1. The topological polar surface area (TPSA) is 35.5 Å². The summed E-state index contributed by atoms with van der Waals surface area (Å²) in [5.74, 6) is -0.988. The van der Waals surface area contributed by atoms with Gasteiger partial charge in [-0.2, -0.15) is 0 Å². The predicted molar refractivity (Wildman–Crippen MR) is 54.3 cm³/mol. The highest BCUT2D eigenvalue weighted by molar-refractivity contribution is 5.94. The second kappa shape index (κ2) is 3.18. The van der Waals surface area contributed by atoms with Gasteiger partial charge in [0.25, 0.3) is 0 Å². The highest BCUT2D eigenvalue weighted by Gasteiger charge is 2.58. The number of fused-ring (bicyclic) bond motifs is 3. The first-order valence-electron chi connectivity index (χ1n) is 5.41. The van der Waals surface area contributed by atoms with Crippen molar-refractivity contribution < 1.29 is 27.4 Å². The first kappa shape index (κ1) is 11.4. The number of carbonyl (C=O) groups is 1. The molecule has 0 N–H and O–H groups in total. The lowest BCUT2D eigenvalue weighted by molar-refractivity contribution is -0.274. The zero-order valence-corrected chi connectivity index (χ0v) is 9.38. The Hall–Kier alpha value is -1.72. The zero-order chi connectivity index (χ0) is 13.1. The number of alkyl halides is 3. The molecule has 18 heavy (non-hydrogen) atoms. The van der Waals surface area contributed by atoms with Gasteiger partial charge in [-0.1, -0.05) is 13.0 Å². The minimum atomic E-state index is -4.77. The van der Waals surface area contributed by atoms with E-state index in [1.807, 2.05) is 6.92 Å². The molecule has 1 heterocycles. The Bertz CT molecular complexity index is 538. The number of benzene rings is 1. The number of ether oxygens (including phenoxy) is 2. The van der Waals surface area contributed by atoms with Gasteiger partial charge >= 0.3 is 12.3 Å². The van der Waals surface area contributed by atoms with Crippen LogP contribution in [0, 0.1) is 0 Å². The molecular weight excluding hydrogens is 249 g/mol. The molecule has 1 aromatic carbocycles. The van der Waals surface area contributed by atoms with E-state index in [0.717, 1.165) is 11.6 Å². The smallest absolute Gasteiger partial charge is 0.458 e. The van der Waals surface area contributed by atoms with Gasteiger partial charge in [0.1, 0.15) is 11.9 Å². The third-order valence-corrected chi connectivity index (χ3v) is 3.47. The maximum Gasteiger partial charge on any atom is 0.573 e. The lowest BCUT2D eigenvalue weighted by Gasteiger charge is -2.22. The molecular formula is C12H9F3O3. The molecule has 0 amide bonds. The van der Waals surface area contributed by atoms with Crippen molar-refractivity contribution in [3.8, 4) is 5.75 Å². The van der Waals surface area contributed by atoms with Crippen molar-refractivity contribution in [3.63, 3.8) is 0 Å². The summed E-state index contributed by atoms with van der Waals surface area (Å²) in [5.41, 5.74) is 0.645. The van der Waals surface area contributed by atoms with Gasteiger partial charge in [-0.05, 0) is 24.1 Å². The average Bonchev–Trinajstić information content (AvgIpc) is 2.88. The Labute approximate surface area is 100 Å². The van der Waals surface area contributed by atoms with Crippen molar-refractivity contribution in [2.75, 3.05) is 0 Å². The molecule has 0 saturated heterocycles. The molecule has 1 aliphatic heterocycles. The number of esters is 1. The Balaban J connectivity index is 2.00. The Morgan fingerprint density at radius 3 is 2.83 bits per heavy atom. The van der Waals surface area contributed by atoms with Gasteiger partial charge in [-0.15, -0.1) is 13.2 Å². The second-order valence-corrected chi connectivity index (χ2v) is 4.77. The third-order valence-electron chi connectivity index (χ3n) is 3.47. The molecule has 2 aliphatic rings. The molecule has 2 unspecified atom stereocenters. The van der Waals surface area contributed by atoms with Crippen LogP contribution in [0.3, 0.4) is 0 Å². The predicted octanol–water partition coefficient (Wildman–Crippen LogP) is 2.79. The van der Waals surface area contributed by atoms with Crippen molar-refractivity contribution >= 4 is 5.97 Å². The molecule has 1 fully saturated rings. The maximum absolute atomic E-state index is 12.1. The van der Waals surface area contributed by atoms with E-state index in [9.17, 15) is 18.0 Å². The summed E-state index contributed by atoms with van der Waals surface area (Å²) in [6.45, 7) is 1.92. The van der Waals surface area contributed by atoms with E-state index < -0.39 is 18.1 Å². The van der Waals surface area contributed by atoms with Crippen LogP contribution in [0.15, 0.2) is 18.2 Å². The van der Waals surface area contributed by atoms with Crippen LogP contribution in [0.2, 0.25) is 0 Å². The quantitative estimate of drug-likeness (QED) is 0.726. The first-order valence-corrected chi connectivity index (χ1v) is 5.41. The normalized spacial score (nSPS) is 29.1. The monoisotopic (exact) mass is 258 g/mol. The van der Waals surface area contributed by atoms with Crippen molar-refractivity contribution in [3.05, 3.63) is 29.3 Å². The van der Waals surface area contributed by atoms with E-state index in [-0.39, 0.29) is 17.1 Å². The van der Waals surface area contributed by atoms with Crippen LogP contribution in [-0.2, 0) is 10.2 Å². The molecule has 3 rings (SSSR count). The van der Waals surface area contributed by atoms with Gasteiger partial charge in [0.15, 0.2) is 0 Å². The third kappa shape index (κ3) is 1.63. The number of hydrogen-bond acceptors (Lipinski definition) is 3. The van der Waals surface area contributed by atoms with Crippen molar-refractivity contribution in [1.82, 2.24) is 0 Å². The fraction of sp³-hybridized carbons (Fsp3) is 0.417. The number of carbonyl (C=O) groups excluding carboxylic acids is 1. The molecule has 6 heteroatoms. The highest BCUT2D eigenvalue weighted by Crippen LogP contribution is 2.54. The summed E-state index contributed by atoms with van der Waals surface area (Å²) in [6.07, 6.45) is -4.20. The van der Waals surface area contributed by atoms with E-state index in [1.54, 1.807) is 0 Å². The van der Waals surface area contributed by atoms with Crippen molar-refractivity contribution in [2.45, 2.75) is 31.2 Å². The fourth-order valence-corrected chi connectivity index (χ4v) is 2.36. The van der Waals surface area contributed by atoms with E-state index in [0.29, 0.717) is 6.42 Å². The Kier molecular flexibility index (Phi) is 2.01. The molecule has 0 bridgehead atoms. The lowest BCUT2D eigenvalue weighted by Crippen LogP contribution is -2.25. The minimum absolute atomic E-state index is 0.146. The van der Waals surface area contributed by atoms with Crippen LogP contribution in [0.1, 0.15) is 29.3 Å². The molecule has 1 saturated carbocycles. The van der Waals surface area contributed by atoms with E-state index >= 15 is 0 Å². The van der Waals surface area contributed by atoms with E-state index in [1.165, 1.54) is 12.1 Å². The highest BCUT2D eigenvalue weighted by atomic mass is 19.4. The number of hydrogen-bond donors (Lipinski definition) is 0. The number of halogens is 3. The summed E-state index contributed by atoms with van der Waals surface area (Å²) in [7, 11) is 0. The summed E-state index contributed by atoms with van der Waals surface area (Å²) < 4.78 is 45.2. The molecule has 2 atom stereocenters. The van der Waals surface area contributed by atoms with Gasteiger partial charge < -0.3 is 9.47 Å². The van der Waals surface area contributed by atoms with Crippen molar-refractivity contribution in [2.24, 2.45) is 0 Å². The Morgan fingerprint density at radius 1 is 1.44 bits per heavy atom. The van der Waals surface area contributed by atoms with Crippen LogP contribution in [0.25, 0.3) is 0 Å². The molecule has 0 aromatic heterocycles. The van der Waals surface area contributed by atoms with Crippen molar-refractivity contribution in [1.29, 1.82) is 0 Å². The van der Waals surface area contributed by atoms with Crippen LogP contribution in [0.4, 0.5) is 13.2 Å². The minimum Gasteiger partial charge on any atom is -0.458 e. The molecule has 3 nitrogen and oxygen atoms in total. The standard InChI is InChI=1S/C12H9F3O3/c1-11-5-9(11)17-10(16)7-4-6(2-3-8(7)11)18-12(13,14)15/h2-4,9H,5H2,1H3. The SMILES string of the molecule is CC12CC1OC(=O)c1cc(OC(F)(F)F)ccc12. The second-order valence-electron chi connectivity index (χ2n) is 4.77. The summed E-state index contributed by atoms with van der Waals surface area (Å²) in [4.78, 5) is 11.6. The summed E-state index contributed by atoms with van der Waals surface area (Å²) >= 11 is 0. The van der Waals surface area contributed by atoms with E-state index in [2.05, 4.69) is 4.74 Å². The van der Waals surface area contributed by atoms with E-state index in [4.69, 9.17) is 4.74 Å². The van der Waals surface area contributed by atoms with Gasteiger partial charge in [0.2, 0.25) is 0 Å². The molecule has 0 radical (unpaired) electrons. The van der Waals surface area contributed by atoms with Gasteiger partial charge in [-0.25, -0.2) is 4.79 Å².